The SMILES string of the molecule is CCOC(=O)CCN(CC(C)O)C(=O)c1cc2ccccc2oc1=O. The van der Waals surface area contributed by atoms with Gasteiger partial charge < -0.3 is 19.2 Å². The number of aliphatic hydroxyl groups excluding tert-OH is 1. The van der Waals surface area contributed by atoms with Crippen molar-refractivity contribution in [3.63, 3.8) is 0 Å². The Hall–Kier alpha value is -2.67. The van der Waals surface area contributed by atoms with Crippen molar-refractivity contribution in [2.75, 3.05) is 19.7 Å². The molecule has 1 aromatic carbocycles. The fourth-order valence-electron chi connectivity index (χ4n) is 2.44. The standard InChI is InChI=1S/C18H21NO6/c1-3-24-16(21)8-9-19(11-12(2)20)17(22)14-10-13-6-4-5-7-15(13)25-18(14)23/h4-7,10,12,20H,3,8-9,11H2,1-2H3. The van der Waals surface area contributed by atoms with Crippen LogP contribution in [0.4, 0.5) is 0 Å². The normalized spacial score (nSPS) is 12.0. The van der Waals surface area contributed by atoms with Crippen LogP contribution in [0.5, 0.6) is 0 Å². The van der Waals surface area contributed by atoms with E-state index in [0.29, 0.717) is 11.0 Å². The van der Waals surface area contributed by atoms with Gasteiger partial charge in [-0.1, -0.05) is 18.2 Å². The number of rotatable bonds is 7. The molecule has 1 heterocycles. The van der Waals surface area contributed by atoms with Crippen molar-refractivity contribution in [1.82, 2.24) is 4.90 Å². The quantitative estimate of drug-likeness (QED) is 0.603. The third-order valence-electron chi connectivity index (χ3n) is 3.53. The van der Waals surface area contributed by atoms with Gasteiger partial charge in [-0.2, -0.15) is 0 Å². The number of ether oxygens (including phenoxy) is 1. The predicted molar refractivity (Wildman–Crippen MR) is 91.3 cm³/mol. The van der Waals surface area contributed by atoms with E-state index in [0.717, 1.165) is 0 Å². The number of carbonyl (C=O) groups excluding carboxylic acids is 2. The summed E-state index contributed by atoms with van der Waals surface area (Å²) in [6.45, 7) is 3.49. The maximum absolute atomic E-state index is 12.7. The predicted octanol–water partition coefficient (Wildman–Crippen LogP) is 1.57. The molecule has 0 bridgehead atoms. The summed E-state index contributed by atoms with van der Waals surface area (Å²) >= 11 is 0. The van der Waals surface area contributed by atoms with Crippen molar-refractivity contribution in [1.29, 1.82) is 0 Å². The van der Waals surface area contributed by atoms with Crippen LogP contribution in [-0.2, 0) is 9.53 Å². The highest BCUT2D eigenvalue weighted by Gasteiger charge is 2.22. The highest BCUT2D eigenvalue weighted by Crippen LogP contribution is 2.14. The molecule has 2 rings (SSSR count). The topological polar surface area (TPSA) is 97.1 Å². The fraction of sp³-hybridized carbons (Fsp3) is 0.389. The van der Waals surface area contributed by atoms with Crippen LogP contribution < -0.4 is 5.63 Å². The summed E-state index contributed by atoms with van der Waals surface area (Å²) in [5, 5.41) is 10.2. The molecule has 0 aliphatic carbocycles. The average molecular weight is 347 g/mol. The number of esters is 1. The molecule has 0 radical (unpaired) electrons. The Balaban J connectivity index is 2.27. The monoisotopic (exact) mass is 347 g/mol. The van der Waals surface area contributed by atoms with Crippen molar-refractivity contribution >= 4 is 22.8 Å². The van der Waals surface area contributed by atoms with E-state index in [2.05, 4.69) is 0 Å². The molecule has 7 nitrogen and oxygen atoms in total. The van der Waals surface area contributed by atoms with Gasteiger partial charge in [0.25, 0.3) is 5.91 Å². The van der Waals surface area contributed by atoms with E-state index in [1.54, 1.807) is 31.2 Å². The number of hydrogen-bond acceptors (Lipinski definition) is 6. The average Bonchev–Trinajstić information content (AvgIpc) is 2.57. The molecule has 0 saturated heterocycles. The molecular formula is C18H21NO6. The number of aliphatic hydroxyl groups is 1. The smallest absolute Gasteiger partial charge is 0.349 e. The molecule has 0 spiro atoms. The molecule has 0 saturated carbocycles. The zero-order valence-corrected chi connectivity index (χ0v) is 14.2. The number of benzene rings is 1. The Labute approximate surface area is 144 Å². The van der Waals surface area contributed by atoms with E-state index in [1.165, 1.54) is 17.9 Å². The van der Waals surface area contributed by atoms with Crippen LogP contribution in [0.15, 0.2) is 39.5 Å². The largest absolute Gasteiger partial charge is 0.466 e. The Morgan fingerprint density at radius 1 is 1.32 bits per heavy atom. The van der Waals surface area contributed by atoms with Gasteiger partial charge >= 0.3 is 11.6 Å². The second-order valence-corrected chi connectivity index (χ2v) is 5.64. The van der Waals surface area contributed by atoms with E-state index < -0.39 is 23.6 Å². The molecule has 1 amide bonds. The zero-order chi connectivity index (χ0) is 18.4. The summed E-state index contributed by atoms with van der Waals surface area (Å²) in [6, 6.07) is 8.33. The van der Waals surface area contributed by atoms with Gasteiger partial charge in [0.05, 0.1) is 19.1 Å². The molecule has 134 valence electrons. The summed E-state index contributed by atoms with van der Waals surface area (Å²) in [5.41, 5.74) is -0.503. The van der Waals surface area contributed by atoms with E-state index in [4.69, 9.17) is 9.15 Å². The lowest BCUT2D eigenvalue weighted by molar-refractivity contribution is -0.143. The molecule has 25 heavy (non-hydrogen) atoms. The Morgan fingerprint density at radius 3 is 2.72 bits per heavy atom. The first-order valence-electron chi connectivity index (χ1n) is 8.08. The van der Waals surface area contributed by atoms with Crippen molar-refractivity contribution in [3.05, 3.63) is 46.3 Å². The van der Waals surface area contributed by atoms with Crippen molar-refractivity contribution in [2.24, 2.45) is 0 Å². The number of nitrogens with zero attached hydrogens (tertiary/aromatic N) is 1. The van der Waals surface area contributed by atoms with Gasteiger partial charge in [0.1, 0.15) is 11.1 Å². The first kappa shape index (κ1) is 18.7. The molecule has 0 aliphatic rings. The highest BCUT2D eigenvalue weighted by molar-refractivity contribution is 5.96. The molecule has 0 fully saturated rings. The number of fused-ring (bicyclic) bond motifs is 1. The number of amides is 1. The van der Waals surface area contributed by atoms with Crippen LogP contribution >= 0.6 is 0 Å². The van der Waals surface area contributed by atoms with Crippen molar-refractivity contribution in [3.8, 4) is 0 Å². The van der Waals surface area contributed by atoms with Crippen LogP contribution in [0.2, 0.25) is 0 Å². The maximum Gasteiger partial charge on any atom is 0.349 e. The molecule has 7 heteroatoms. The second kappa shape index (κ2) is 8.43. The summed E-state index contributed by atoms with van der Waals surface area (Å²) < 4.78 is 10.0. The van der Waals surface area contributed by atoms with E-state index in [9.17, 15) is 19.5 Å². The van der Waals surface area contributed by atoms with E-state index in [1.807, 2.05) is 0 Å². The summed E-state index contributed by atoms with van der Waals surface area (Å²) in [4.78, 5) is 37.6. The molecule has 0 aliphatic heterocycles. The minimum atomic E-state index is -0.807. The molecular weight excluding hydrogens is 326 g/mol. The lowest BCUT2D eigenvalue weighted by Gasteiger charge is -2.23. The van der Waals surface area contributed by atoms with E-state index >= 15 is 0 Å². The minimum absolute atomic E-state index is 0.00942. The van der Waals surface area contributed by atoms with Crippen molar-refractivity contribution in [2.45, 2.75) is 26.4 Å². The lowest BCUT2D eigenvalue weighted by atomic mass is 10.1. The molecule has 1 atom stereocenters. The lowest BCUT2D eigenvalue weighted by Crippen LogP contribution is -2.40. The van der Waals surface area contributed by atoms with Crippen molar-refractivity contribution < 1.29 is 23.8 Å². The summed E-state index contributed by atoms with van der Waals surface area (Å²) in [7, 11) is 0. The maximum atomic E-state index is 12.7. The third-order valence-corrected chi connectivity index (χ3v) is 3.53. The molecule has 2 aromatic rings. The number of para-hydroxylation sites is 1. The van der Waals surface area contributed by atoms with Gasteiger partial charge in [-0.3, -0.25) is 9.59 Å². The summed E-state index contributed by atoms with van der Waals surface area (Å²) in [6.07, 6.45) is -0.829. The van der Waals surface area contributed by atoms with Gasteiger partial charge in [0, 0.05) is 18.5 Å². The third kappa shape index (κ3) is 4.90. The second-order valence-electron chi connectivity index (χ2n) is 5.64. The molecule has 1 N–H and O–H groups in total. The van der Waals surface area contributed by atoms with Crippen LogP contribution in [0, 0.1) is 0 Å². The first-order valence-corrected chi connectivity index (χ1v) is 8.08. The number of carbonyl (C=O) groups is 2. The van der Waals surface area contributed by atoms with Crippen LogP contribution in [0.1, 0.15) is 30.6 Å². The zero-order valence-electron chi connectivity index (χ0n) is 14.2. The highest BCUT2D eigenvalue weighted by atomic mass is 16.5. The minimum Gasteiger partial charge on any atom is -0.466 e. The number of hydrogen-bond donors (Lipinski definition) is 1. The summed E-state index contributed by atoms with van der Waals surface area (Å²) in [5.74, 6) is -1.04. The van der Waals surface area contributed by atoms with Gasteiger partial charge in [-0.05, 0) is 26.0 Å². The van der Waals surface area contributed by atoms with E-state index in [-0.39, 0.29) is 31.7 Å². The van der Waals surface area contributed by atoms with Crippen LogP contribution in [-0.4, -0.2) is 47.7 Å². The van der Waals surface area contributed by atoms with Gasteiger partial charge in [0.15, 0.2) is 0 Å². The van der Waals surface area contributed by atoms with Crippen LogP contribution in [0.3, 0.4) is 0 Å². The fourth-order valence-corrected chi connectivity index (χ4v) is 2.44. The Morgan fingerprint density at radius 2 is 2.04 bits per heavy atom. The van der Waals surface area contributed by atoms with Gasteiger partial charge in [-0.25, -0.2) is 4.79 Å². The van der Waals surface area contributed by atoms with Crippen LogP contribution in [0.25, 0.3) is 11.0 Å². The molecule has 1 aromatic heterocycles. The Bertz CT molecular complexity index is 811. The Kier molecular flexibility index (Phi) is 6.30. The molecule has 1 unspecified atom stereocenters. The van der Waals surface area contributed by atoms with Gasteiger partial charge in [-0.15, -0.1) is 0 Å². The van der Waals surface area contributed by atoms with Gasteiger partial charge in [0.2, 0.25) is 0 Å². The first-order chi connectivity index (χ1) is 11.9.